The van der Waals surface area contributed by atoms with Crippen molar-refractivity contribution in [1.82, 2.24) is 0 Å². The van der Waals surface area contributed by atoms with Crippen molar-refractivity contribution in [3.05, 3.63) is 94.5 Å². The van der Waals surface area contributed by atoms with Gasteiger partial charge in [-0.25, -0.2) is 0 Å². The highest BCUT2D eigenvalue weighted by Crippen LogP contribution is 2.43. The number of carbonyl (C=O) groups excluding carboxylic acids is 2. The summed E-state index contributed by atoms with van der Waals surface area (Å²) in [5, 5.41) is 11.6. The first-order valence-corrected chi connectivity index (χ1v) is 11.2. The number of halogens is 1. The Bertz CT molecular complexity index is 1250. The third kappa shape index (κ3) is 4.50. The fraction of sp³-hybridized carbons (Fsp3) is 0.185. The molecule has 7 heteroatoms. The molecule has 0 bridgehead atoms. The molecule has 1 heterocycles. The van der Waals surface area contributed by atoms with E-state index in [-0.39, 0.29) is 17.4 Å². The Morgan fingerprint density at radius 3 is 2.21 bits per heavy atom. The van der Waals surface area contributed by atoms with Gasteiger partial charge in [0.15, 0.2) is 0 Å². The topological polar surface area (TPSA) is 76.1 Å². The molecule has 0 spiro atoms. The van der Waals surface area contributed by atoms with Crippen molar-refractivity contribution in [3.63, 3.8) is 0 Å². The first-order valence-electron chi connectivity index (χ1n) is 10.8. The van der Waals surface area contributed by atoms with Crippen LogP contribution in [0.4, 0.5) is 5.69 Å². The van der Waals surface area contributed by atoms with Crippen molar-refractivity contribution in [2.45, 2.75) is 26.0 Å². The number of methoxy groups -OCH3 is 1. The Hall–Kier alpha value is -3.77. The third-order valence-electron chi connectivity index (χ3n) is 5.46. The molecular formula is C27H24ClNO5. The Morgan fingerprint density at radius 1 is 0.971 bits per heavy atom. The lowest BCUT2D eigenvalue weighted by Crippen LogP contribution is -2.29. The average Bonchev–Trinajstić information content (AvgIpc) is 3.09. The molecule has 1 saturated heterocycles. The molecule has 0 saturated carbocycles. The zero-order chi connectivity index (χ0) is 24.4. The summed E-state index contributed by atoms with van der Waals surface area (Å²) in [6, 6.07) is 19.6. The number of Topliss-reactive ketones (excluding diaryl/α,β-unsaturated/α-hetero) is 1. The van der Waals surface area contributed by atoms with Gasteiger partial charge < -0.3 is 14.6 Å². The second-order valence-electron chi connectivity index (χ2n) is 8.11. The number of ether oxygens (including phenoxy) is 2. The quantitative estimate of drug-likeness (QED) is 0.277. The molecule has 1 N–H and O–H groups in total. The Morgan fingerprint density at radius 2 is 1.62 bits per heavy atom. The molecule has 6 nitrogen and oxygen atoms in total. The molecule has 0 aliphatic carbocycles. The smallest absolute Gasteiger partial charge is 0.300 e. The molecule has 1 aliphatic heterocycles. The Balaban J connectivity index is 1.87. The van der Waals surface area contributed by atoms with Crippen molar-refractivity contribution < 1.29 is 24.2 Å². The van der Waals surface area contributed by atoms with Crippen LogP contribution in [0.2, 0.25) is 5.02 Å². The number of aliphatic hydroxyl groups is 1. The van der Waals surface area contributed by atoms with Gasteiger partial charge in [0.1, 0.15) is 17.3 Å². The van der Waals surface area contributed by atoms with E-state index in [0.717, 1.165) is 0 Å². The monoisotopic (exact) mass is 477 g/mol. The fourth-order valence-corrected chi connectivity index (χ4v) is 4.14. The third-order valence-corrected chi connectivity index (χ3v) is 5.70. The molecule has 4 rings (SSSR count). The van der Waals surface area contributed by atoms with Gasteiger partial charge in [-0.05, 0) is 67.9 Å². The van der Waals surface area contributed by atoms with Gasteiger partial charge in [-0.3, -0.25) is 14.5 Å². The first kappa shape index (κ1) is 23.4. The van der Waals surface area contributed by atoms with E-state index in [9.17, 15) is 14.7 Å². The fourth-order valence-electron chi connectivity index (χ4n) is 3.95. The molecule has 1 unspecified atom stereocenters. The number of hydrogen-bond donors (Lipinski definition) is 1. The maximum Gasteiger partial charge on any atom is 0.300 e. The van der Waals surface area contributed by atoms with Crippen molar-refractivity contribution in [3.8, 4) is 11.5 Å². The number of hydrogen-bond acceptors (Lipinski definition) is 5. The van der Waals surface area contributed by atoms with Crippen LogP contribution in [0.3, 0.4) is 0 Å². The standard InChI is InChI=1S/C27H24ClNO5/c1-16(2)34-22-13-9-20(10-14-22)29-24(17-7-11-21(33-3)12-8-17)23(26(31)27(29)32)25(30)18-5-4-6-19(28)15-18/h4-16,24,30H,1-3H3/b25-23-. The Kier molecular flexibility index (Phi) is 6.61. The summed E-state index contributed by atoms with van der Waals surface area (Å²) in [7, 11) is 1.56. The van der Waals surface area contributed by atoms with Gasteiger partial charge >= 0.3 is 0 Å². The summed E-state index contributed by atoms with van der Waals surface area (Å²) in [5.74, 6) is -0.521. The normalized spacial score (nSPS) is 17.3. The van der Waals surface area contributed by atoms with Gasteiger partial charge in [-0.15, -0.1) is 0 Å². The van der Waals surface area contributed by atoms with E-state index in [1.54, 1.807) is 79.9 Å². The second-order valence-corrected chi connectivity index (χ2v) is 8.55. The van der Waals surface area contributed by atoms with Gasteiger partial charge in [0.05, 0.1) is 24.8 Å². The van der Waals surface area contributed by atoms with Crippen molar-refractivity contribution in [2.24, 2.45) is 0 Å². The van der Waals surface area contributed by atoms with Crippen LogP contribution in [0.1, 0.15) is 31.0 Å². The maximum atomic E-state index is 13.2. The van der Waals surface area contributed by atoms with E-state index in [0.29, 0.717) is 33.3 Å². The van der Waals surface area contributed by atoms with Gasteiger partial charge in [0, 0.05) is 16.3 Å². The van der Waals surface area contributed by atoms with Gasteiger partial charge in [0.2, 0.25) is 0 Å². The second kappa shape index (κ2) is 9.61. The van der Waals surface area contributed by atoms with E-state index >= 15 is 0 Å². The minimum absolute atomic E-state index is 0.00271. The molecular weight excluding hydrogens is 454 g/mol. The first-order chi connectivity index (χ1) is 16.3. The summed E-state index contributed by atoms with van der Waals surface area (Å²) in [4.78, 5) is 27.8. The molecule has 174 valence electrons. The minimum Gasteiger partial charge on any atom is -0.507 e. The predicted molar refractivity (Wildman–Crippen MR) is 131 cm³/mol. The lowest BCUT2D eigenvalue weighted by molar-refractivity contribution is -0.132. The van der Waals surface area contributed by atoms with Crippen LogP contribution in [-0.4, -0.2) is 30.0 Å². The summed E-state index contributed by atoms with van der Waals surface area (Å²) in [5.41, 5.74) is 1.49. The zero-order valence-electron chi connectivity index (χ0n) is 19.0. The number of carbonyl (C=O) groups is 2. The van der Waals surface area contributed by atoms with Gasteiger partial charge in [0.25, 0.3) is 11.7 Å². The molecule has 3 aromatic carbocycles. The van der Waals surface area contributed by atoms with Crippen LogP contribution in [0.15, 0.2) is 78.4 Å². The number of anilines is 1. The number of benzene rings is 3. The minimum atomic E-state index is -0.846. The molecule has 0 radical (unpaired) electrons. The molecule has 34 heavy (non-hydrogen) atoms. The van der Waals surface area contributed by atoms with Crippen LogP contribution >= 0.6 is 11.6 Å². The largest absolute Gasteiger partial charge is 0.507 e. The van der Waals surface area contributed by atoms with Crippen molar-refractivity contribution in [1.29, 1.82) is 0 Å². The SMILES string of the molecule is COc1ccc(C2/C(=C(/O)c3cccc(Cl)c3)C(=O)C(=O)N2c2ccc(OC(C)C)cc2)cc1. The molecule has 1 fully saturated rings. The highest BCUT2D eigenvalue weighted by molar-refractivity contribution is 6.51. The summed E-state index contributed by atoms with van der Waals surface area (Å²) in [6.07, 6.45) is -0.00271. The van der Waals surface area contributed by atoms with Gasteiger partial charge in [-0.2, -0.15) is 0 Å². The average molecular weight is 478 g/mol. The van der Waals surface area contributed by atoms with Crippen LogP contribution < -0.4 is 14.4 Å². The summed E-state index contributed by atoms with van der Waals surface area (Å²) >= 11 is 6.10. The zero-order valence-corrected chi connectivity index (χ0v) is 19.7. The number of nitrogens with zero attached hydrogens (tertiary/aromatic N) is 1. The maximum absolute atomic E-state index is 13.2. The van der Waals surface area contributed by atoms with E-state index in [1.165, 1.54) is 4.90 Å². The highest BCUT2D eigenvalue weighted by Gasteiger charge is 2.47. The Labute approximate surface area is 203 Å². The number of aliphatic hydroxyl groups excluding tert-OH is 1. The van der Waals surface area contributed by atoms with E-state index in [1.807, 2.05) is 13.8 Å². The highest BCUT2D eigenvalue weighted by atomic mass is 35.5. The number of amides is 1. The van der Waals surface area contributed by atoms with Crippen LogP contribution in [-0.2, 0) is 9.59 Å². The molecule has 1 aliphatic rings. The predicted octanol–water partition coefficient (Wildman–Crippen LogP) is 5.76. The van der Waals surface area contributed by atoms with E-state index < -0.39 is 17.7 Å². The molecule has 1 atom stereocenters. The number of rotatable bonds is 6. The summed E-state index contributed by atoms with van der Waals surface area (Å²) < 4.78 is 10.9. The lowest BCUT2D eigenvalue weighted by atomic mass is 9.95. The van der Waals surface area contributed by atoms with Crippen molar-refractivity contribution in [2.75, 3.05) is 12.0 Å². The van der Waals surface area contributed by atoms with Crippen LogP contribution in [0.5, 0.6) is 11.5 Å². The molecule has 0 aromatic heterocycles. The van der Waals surface area contributed by atoms with E-state index in [2.05, 4.69) is 0 Å². The summed E-state index contributed by atoms with van der Waals surface area (Å²) in [6.45, 7) is 3.85. The molecule has 3 aromatic rings. The van der Waals surface area contributed by atoms with Crippen LogP contribution in [0.25, 0.3) is 5.76 Å². The van der Waals surface area contributed by atoms with Crippen molar-refractivity contribution >= 4 is 34.7 Å². The lowest BCUT2D eigenvalue weighted by Gasteiger charge is -2.26. The molecule has 1 amide bonds. The van der Waals surface area contributed by atoms with Crippen LogP contribution in [0, 0.1) is 0 Å². The number of ketones is 1. The van der Waals surface area contributed by atoms with Gasteiger partial charge in [-0.1, -0.05) is 35.9 Å². The van der Waals surface area contributed by atoms with E-state index in [4.69, 9.17) is 21.1 Å².